The monoisotopic (exact) mass is 487 g/mol. The normalized spacial score (nSPS) is 19.9. The Kier molecular flexibility index (Phi) is 5.47. The van der Waals surface area contributed by atoms with Crippen LogP contribution >= 0.6 is 54.5 Å². The van der Waals surface area contributed by atoms with Crippen molar-refractivity contribution in [2.75, 3.05) is 25.0 Å². The number of alkyl halides is 1. The van der Waals surface area contributed by atoms with E-state index >= 15 is 0 Å². The van der Waals surface area contributed by atoms with Crippen molar-refractivity contribution in [3.63, 3.8) is 0 Å². The van der Waals surface area contributed by atoms with Crippen LogP contribution in [0.25, 0.3) is 0 Å². The Hall–Kier alpha value is 0.340. The maximum Gasteiger partial charge on any atom is 0.255 e. The summed E-state index contributed by atoms with van der Waals surface area (Å²) in [5, 5.41) is 0.754. The topological polar surface area (TPSA) is 29.5 Å². The SMILES string of the molecule is O=C(c1cc(I)ccc1Br)N1CCOC(CBr)C1. The van der Waals surface area contributed by atoms with E-state index in [-0.39, 0.29) is 12.0 Å². The lowest BCUT2D eigenvalue weighted by Gasteiger charge is -2.32. The molecule has 0 bridgehead atoms. The second-order valence-corrected chi connectivity index (χ2v) is 6.77. The molecule has 1 fully saturated rings. The summed E-state index contributed by atoms with van der Waals surface area (Å²) in [6, 6.07) is 5.80. The van der Waals surface area contributed by atoms with Crippen LogP contribution in [0.15, 0.2) is 22.7 Å². The molecule has 0 radical (unpaired) electrons. The summed E-state index contributed by atoms with van der Waals surface area (Å²) >= 11 is 9.05. The summed E-state index contributed by atoms with van der Waals surface area (Å²) in [6.07, 6.45) is 0.0873. The van der Waals surface area contributed by atoms with E-state index in [0.29, 0.717) is 19.7 Å². The number of rotatable bonds is 2. The molecule has 1 aliphatic rings. The fourth-order valence-electron chi connectivity index (χ4n) is 1.83. The maximum absolute atomic E-state index is 12.5. The molecule has 2 rings (SSSR count). The Balaban J connectivity index is 2.17. The Morgan fingerprint density at radius 2 is 2.33 bits per heavy atom. The van der Waals surface area contributed by atoms with Crippen molar-refractivity contribution in [1.29, 1.82) is 0 Å². The van der Waals surface area contributed by atoms with E-state index in [1.54, 1.807) is 0 Å². The van der Waals surface area contributed by atoms with Crippen molar-refractivity contribution < 1.29 is 9.53 Å². The van der Waals surface area contributed by atoms with Crippen molar-refractivity contribution in [3.05, 3.63) is 31.8 Å². The molecule has 6 heteroatoms. The number of ether oxygens (including phenoxy) is 1. The third-order valence-electron chi connectivity index (χ3n) is 2.76. The molecule has 0 saturated carbocycles. The molecule has 0 aliphatic carbocycles. The van der Waals surface area contributed by atoms with Gasteiger partial charge in [0, 0.05) is 26.5 Å². The molecule has 1 aromatic rings. The van der Waals surface area contributed by atoms with Gasteiger partial charge in [0.2, 0.25) is 0 Å². The summed E-state index contributed by atoms with van der Waals surface area (Å²) in [5.74, 6) is 0.0645. The summed E-state index contributed by atoms with van der Waals surface area (Å²) < 4.78 is 7.45. The third kappa shape index (κ3) is 3.46. The molecule has 1 amide bonds. The highest BCUT2D eigenvalue weighted by Crippen LogP contribution is 2.22. The van der Waals surface area contributed by atoms with Gasteiger partial charge in [0.05, 0.1) is 18.3 Å². The second-order valence-electron chi connectivity index (χ2n) is 4.02. The Morgan fingerprint density at radius 3 is 3.06 bits per heavy atom. The van der Waals surface area contributed by atoms with Gasteiger partial charge in [0.25, 0.3) is 5.91 Å². The number of hydrogen-bond acceptors (Lipinski definition) is 2. The predicted octanol–water partition coefficient (Wildman–Crippen LogP) is 3.29. The minimum Gasteiger partial charge on any atom is -0.374 e. The Morgan fingerprint density at radius 1 is 1.56 bits per heavy atom. The minimum absolute atomic E-state index is 0.0645. The summed E-state index contributed by atoms with van der Waals surface area (Å²) in [6.45, 7) is 1.89. The standard InChI is InChI=1S/C12H12Br2INO2/c13-6-9-7-16(3-4-18-9)12(17)10-5-8(15)1-2-11(10)14/h1-2,5,9H,3-4,6-7H2. The lowest BCUT2D eigenvalue weighted by atomic mass is 10.2. The van der Waals surface area contributed by atoms with Crippen LogP contribution in [0.4, 0.5) is 0 Å². The lowest BCUT2D eigenvalue weighted by molar-refractivity contribution is -0.00968. The van der Waals surface area contributed by atoms with Gasteiger partial charge in [-0.25, -0.2) is 0 Å². The molecular weight excluding hydrogens is 477 g/mol. The first-order chi connectivity index (χ1) is 8.61. The molecular formula is C12H12Br2INO2. The first kappa shape index (κ1) is 14.7. The van der Waals surface area contributed by atoms with E-state index in [9.17, 15) is 4.79 Å². The molecule has 98 valence electrons. The van der Waals surface area contributed by atoms with Crippen molar-refractivity contribution in [3.8, 4) is 0 Å². The summed E-state index contributed by atoms with van der Waals surface area (Å²) in [7, 11) is 0. The second kappa shape index (κ2) is 6.67. The van der Waals surface area contributed by atoms with Crippen LogP contribution in [-0.2, 0) is 4.74 Å². The van der Waals surface area contributed by atoms with Crippen molar-refractivity contribution in [2.45, 2.75) is 6.10 Å². The van der Waals surface area contributed by atoms with E-state index < -0.39 is 0 Å². The van der Waals surface area contributed by atoms with Gasteiger partial charge in [0.1, 0.15) is 0 Å². The highest BCUT2D eigenvalue weighted by molar-refractivity contribution is 14.1. The molecule has 18 heavy (non-hydrogen) atoms. The van der Waals surface area contributed by atoms with Crippen molar-refractivity contribution in [2.24, 2.45) is 0 Å². The van der Waals surface area contributed by atoms with E-state index in [2.05, 4.69) is 54.5 Å². The lowest BCUT2D eigenvalue weighted by Crippen LogP contribution is -2.46. The number of nitrogens with zero attached hydrogens (tertiary/aromatic N) is 1. The van der Waals surface area contributed by atoms with Gasteiger partial charge < -0.3 is 9.64 Å². The van der Waals surface area contributed by atoms with Crippen LogP contribution in [-0.4, -0.2) is 41.9 Å². The molecule has 1 atom stereocenters. The van der Waals surface area contributed by atoms with Gasteiger partial charge in [-0.2, -0.15) is 0 Å². The highest BCUT2D eigenvalue weighted by Gasteiger charge is 2.25. The van der Waals surface area contributed by atoms with Gasteiger partial charge in [-0.05, 0) is 56.7 Å². The molecule has 1 aliphatic heterocycles. The highest BCUT2D eigenvalue weighted by atomic mass is 127. The van der Waals surface area contributed by atoms with Crippen LogP contribution < -0.4 is 0 Å². The molecule has 1 heterocycles. The fourth-order valence-corrected chi connectivity index (χ4v) is 3.13. The average Bonchev–Trinajstić information content (AvgIpc) is 2.41. The van der Waals surface area contributed by atoms with Crippen LogP contribution in [0.5, 0.6) is 0 Å². The van der Waals surface area contributed by atoms with Gasteiger partial charge >= 0.3 is 0 Å². The molecule has 0 N–H and O–H groups in total. The molecule has 1 saturated heterocycles. The van der Waals surface area contributed by atoms with Gasteiger partial charge in [-0.15, -0.1) is 0 Å². The van der Waals surface area contributed by atoms with Crippen LogP contribution in [0.2, 0.25) is 0 Å². The number of benzene rings is 1. The Bertz CT molecular complexity index is 456. The van der Waals surface area contributed by atoms with Crippen LogP contribution in [0.1, 0.15) is 10.4 Å². The van der Waals surface area contributed by atoms with Gasteiger partial charge in [-0.1, -0.05) is 15.9 Å². The largest absolute Gasteiger partial charge is 0.374 e. The van der Waals surface area contributed by atoms with E-state index in [1.807, 2.05) is 23.1 Å². The quantitative estimate of drug-likeness (QED) is 0.472. The third-order valence-corrected chi connectivity index (χ3v) is 4.84. The molecule has 0 aromatic heterocycles. The number of hydrogen-bond donors (Lipinski definition) is 0. The van der Waals surface area contributed by atoms with Crippen molar-refractivity contribution in [1.82, 2.24) is 4.90 Å². The molecule has 1 unspecified atom stereocenters. The maximum atomic E-state index is 12.5. The number of carbonyl (C=O) groups is 1. The van der Waals surface area contributed by atoms with Gasteiger partial charge in [-0.3, -0.25) is 4.79 Å². The zero-order chi connectivity index (χ0) is 13.1. The Labute approximate surface area is 137 Å². The smallest absolute Gasteiger partial charge is 0.255 e. The molecule has 1 aromatic carbocycles. The number of morpholine rings is 1. The van der Waals surface area contributed by atoms with Crippen LogP contribution in [0, 0.1) is 3.57 Å². The number of halogens is 3. The predicted molar refractivity (Wildman–Crippen MR) is 86.3 cm³/mol. The van der Waals surface area contributed by atoms with E-state index in [1.165, 1.54) is 0 Å². The fraction of sp³-hybridized carbons (Fsp3) is 0.417. The number of amides is 1. The summed E-state index contributed by atoms with van der Waals surface area (Å²) in [5.41, 5.74) is 0.720. The zero-order valence-corrected chi connectivity index (χ0v) is 14.9. The molecule has 3 nitrogen and oxygen atoms in total. The van der Waals surface area contributed by atoms with Gasteiger partial charge in [0.15, 0.2) is 0 Å². The van der Waals surface area contributed by atoms with E-state index in [0.717, 1.165) is 18.9 Å². The average molecular weight is 489 g/mol. The molecule has 0 spiro atoms. The van der Waals surface area contributed by atoms with Crippen molar-refractivity contribution >= 4 is 60.4 Å². The number of carbonyl (C=O) groups excluding carboxylic acids is 1. The zero-order valence-electron chi connectivity index (χ0n) is 9.54. The first-order valence-electron chi connectivity index (χ1n) is 5.53. The first-order valence-corrected chi connectivity index (χ1v) is 8.53. The van der Waals surface area contributed by atoms with E-state index in [4.69, 9.17) is 4.74 Å². The van der Waals surface area contributed by atoms with Crippen LogP contribution in [0.3, 0.4) is 0 Å². The minimum atomic E-state index is 0.0645. The summed E-state index contributed by atoms with van der Waals surface area (Å²) in [4.78, 5) is 14.3.